The van der Waals surface area contributed by atoms with Crippen LogP contribution in [0.5, 0.6) is 0 Å². The molecule has 21 heavy (non-hydrogen) atoms. The molecule has 3 aromatic rings. The van der Waals surface area contributed by atoms with E-state index in [1.807, 2.05) is 42.5 Å². The van der Waals surface area contributed by atoms with E-state index in [1.54, 1.807) is 0 Å². The van der Waals surface area contributed by atoms with E-state index in [4.69, 9.17) is 23.2 Å². The Kier molecular flexibility index (Phi) is 4.00. The average molecular weight is 318 g/mol. The topological polar surface area (TPSA) is 26.2 Å². The largest absolute Gasteiger partial charge is 0.273 e. The minimum atomic E-state index is 0.711. The molecule has 1 heterocycles. The zero-order valence-electron chi connectivity index (χ0n) is 11.6. The molecule has 0 bridgehead atoms. The molecule has 4 heteroatoms. The second-order valence-corrected chi connectivity index (χ2v) is 5.91. The molecular formula is C17H15Cl2N2+. The standard InChI is InChI=1S/C17H14Cl2N2/c1-11-7-17(20-10-12-3-2-4-13(18)8-12)21-16-9-14(19)5-6-15(11)16/h2-9H,10H2,1H3,(H,20,21)/p+1. The molecule has 2 N–H and O–H groups in total. The monoisotopic (exact) mass is 317 g/mol. The number of hydrogen-bond acceptors (Lipinski definition) is 1. The van der Waals surface area contributed by atoms with E-state index in [1.165, 1.54) is 10.9 Å². The van der Waals surface area contributed by atoms with Crippen molar-refractivity contribution in [2.75, 3.05) is 5.32 Å². The van der Waals surface area contributed by atoms with E-state index >= 15 is 0 Å². The number of aromatic nitrogens is 1. The lowest BCUT2D eigenvalue weighted by Crippen LogP contribution is -2.14. The summed E-state index contributed by atoms with van der Waals surface area (Å²) in [4.78, 5) is 3.36. The maximum atomic E-state index is 6.06. The number of anilines is 1. The van der Waals surface area contributed by atoms with Crippen molar-refractivity contribution in [3.8, 4) is 0 Å². The Bertz CT molecular complexity index is 800. The van der Waals surface area contributed by atoms with Gasteiger partial charge in [0.2, 0.25) is 0 Å². The molecule has 2 nitrogen and oxygen atoms in total. The zero-order valence-corrected chi connectivity index (χ0v) is 13.1. The van der Waals surface area contributed by atoms with Crippen LogP contribution in [0.2, 0.25) is 10.0 Å². The van der Waals surface area contributed by atoms with Crippen molar-refractivity contribution in [1.29, 1.82) is 0 Å². The first-order valence-corrected chi connectivity index (χ1v) is 7.48. The van der Waals surface area contributed by atoms with Crippen LogP contribution in [0, 0.1) is 6.92 Å². The molecule has 0 radical (unpaired) electrons. The van der Waals surface area contributed by atoms with Gasteiger partial charge in [0.25, 0.3) is 5.82 Å². The Balaban J connectivity index is 1.87. The Morgan fingerprint density at radius 1 is 1.00 bits per heavy atom. The van der Waals surface area contributed by atoms with Gasteiger partial charge in [0.05, 0.1) is 0 Å². The third kappa shape index (κ3) is 3.29. The van der Waals surface area contributed by atoms with Crippen LogP contribution in [0.4, 0.5) is 5.82 Å². The van der Waals surface area contributed by atoms with Gasteiger partial charge in [0.15, 0.2) is 0 Å². The van der Waals surface area contributed by atoms with Crippen LogP contribution in [0.25, 0.3) is 10.9 Å². The Morgan fingerprint density at radius 3 is 2.62 bits per heavy atom. The van der Waals surface area contributed by atoms with Gasteiger partial charge >= 0.3 is 0 Å². The van der Waals surface area contributed by atoms with Crippen molar-refractivity contribution >= 4 is 39.9 Å². The number of aromatic amines is 1. The molecule has 0 spiro atoms. The first-order valence-electron chi connectivity index (χ1n) is 6.72. The van der Waals surface area contributed by atoms with Crippen molar-refractivity contribution in [1.82, 2.24) is 0 Å². The fraction of sp³-hybridized carbons (Fsp3) is 0.118. The Morgan fingerprint density at radius 2 is 1.81 bits per heavy atom. The van der Waals surface area contributed by atoms with E-state index in [0.717, 1.165) is 26.9 Å². The van der Waals surface area contributed by atoms with Crippen LogP contribution < -0.4 is 10.3 Å². The third-order valence-electron chi connectivity index (χ3n) is 3.41. The lowest BCUT2D eigenvalue weighted by molar-refractivity contribution is -0.327. The smallest absolute Gasteiger partial charge is 0.270 e. The van der Waals surface area contributed by atoms with Crippen molar-refractivity contribution in [2.24, 2.45) is 0 Å². The summed E-state index contributed by atoms with van der Waals surface area (Å²) in [7, 11) is 0. The number of fused-ring (bicyclic) bond motifs is 1. The van der Waals surface area contributed by atoms with Gasteiger partial charge in [0, 0.05) is 27.6 Å². The predicted octanol–water partition coefficient (Wildman–Crippen LogP) is 4.88. The number of hydrogen-bond donors (Lipinski definition) is 1. The first-order chi connectivity index (χ1) is 10.1. The first kappa shape index (κ1) is 14.2. The lowest BCUT2D eigenvalue weighted by Gasteiger charge is -2.05. The Hall–Kier alpha value is -1.77. The van der Waals surface area contributed by atoms with Gasteiger partial charge in [-0.1, -0.05) is 35.3 Å². The van der Waals surface area contributed by atoms with E-state index in [0.29, 0.717) is 6.54 Å². The molecule has 0 aliphatic carbocycles. The summed E-state index contributed by atoms with van der Waals surface area (Å²) in [5.74, 6) is 0.960. The van der Waals surface area contributed by atoms with E-state index in [-0.39, 0.29) is 0 Å². The summed E-state index contributed by atoms with van der Waals surface area (Å²) >= 11 is 12.1. The quantitative estimate of drug-likeness (QED) is 0.732. The van der Waals surface area contributed by atoms with E-state index in [9.17, 15) is 0 Å². The zero-order chi connectivity index (χ0) is 14.8. The summed E-state index contributed by atoms with van der Waals surface area (Å²) in [6, 6.07) is 15.8. The van der Waals surface area contributed by atoms with Gasteiger partial charge in [0.1, 0.15) is 12.1 Å². The summed E-state index contributed by atoms with van der Waals surface area (Å²) < 4.78 is 0. The number of pyridine rings is 1. The molecule has 0 amide bonds. The number of halogens is 2. The second-order valence-electron chi connectivity index (χ2n) is 5.04. The van der Waals surface area contributed by atoms with E-state index in [2.05, 4.69) is 23.3 Å². The molecule has 0 saturated carbocycles. The van der Waals surface area contributed by atoms with E-state index < -0.39 is 0 Å². The Labute approximate surface area is 133 Å². The summed E-state index contributed by atoms with van der Waals surface area (Å²) in [5.41, 5.74) is 3.37. The molecular weight excluding hydrogens is 303 g/mol. The fourth-order valence-corrected chi connectivity index (χ4v) is 2.76. The second kappa shape index (κ2) is 5.92. The van der Waals surface area contributed by atoms with Gasteiger partial charge < -0.3 is 0 Å². The molecule has 1 aromatic heterocycles. The highest BCUT2D eigenvalue weighted by Crippen LogP contribution is 2.21. The minimum absolute atomic E-state index is 0.711. The molecule has 0 unspecified atom stereocenters. The van der Waals surface area contributed by atoms with Gasteiger partial charge in [-0.3, -0.25) is 5.32 Å². The van der Waals surface area contributed by atoms with Crippen LogP contribution in [0.3, 0.4) is 0 Å². The molecule has 106 valence electrons. The predicted molar refractivity (Wildman–Crippen MR) is 89.0 cm³/mol. The summed E-state index contributed by atoms with van der Waals surface area (Å²) in [6.07, 6.45) is 0. The molecule has 0 aliphatic heterocycles. The minimum Gasteiger partial charge on any atom is -0.270 e. The summed E-state index contributed by atoms with van der Waals surface area (Å²) in [6.45, 7) is 2.80. The fourth-order valence-electron chi connectivity index (χ4n) is 2.38. The van der Waals surface area contributed by atoms with Crippen LogP contribution in [-0.4, -0.2) is 0 Å². The van der Waals surface area contributed by atoms with Crippen LogP contribution in [0.1, 0.15) is 11.1 Å². The highest BCUT2D eigenvalue weighted by Gasteiger charge is 2.08. The molecule has 0 aliphatic rings. The van der Waals surface area contributed by atoms with Crippen molar-refractivity contribution < 1.29 is 4.98 Å². The van der Waals surface area contributed by atoms with Crippen LogP contribution in [-0.2, 0) is 6.54 Å². The SMILES string of the molecule is Cc1cc(NCc2cccc(Cl)c2)[nH+]c2cc(Cl)ccc12. The molecule has 0 fully saturated rings. The number of nitrogens with one attached hydrogen (secondary N) is 2. The van der Waals surface area contributed by atoms with Crippen LogP contribution >= 0.6 is 23.2 Å². The molecule has 0 atom stereocenters. The van der Waals surface area contributed by atoms with Crippen molar-refractivity contribution in [2.45, 2.75) is 13.5 Å². The number of aryl methyl sites for hydroxylation is 1. The average Bonchev–Trinajstić information content (AvgIpc) is 2.45. The summed E-state index contributed by atoms with van der Waals surface area (Å²) in [5, 5.41) is 6.03. The van der Waals surface area contributed by atoms with Gasteiger partial charge in [-0.15, -0.1) is 0 Å². The maximum Gasteiger partial charge on any atom is 0.273 e. The number of benzene rings is 2. The number of H-pyrrole nitrogens is 1. The van der Waals surface area contributed by atoms with Crippen LogP contribution in [0.15, 0.2) is 48.5 Å². The van der Waals surface area contributed by atoms with Gasteiger partial charge in [-0.2, -0.15) is 0 Å². The van der Waals surface area contributed by atoms with Gasteiger partial charge in [-0.25, -0.2) is 4.98 Å². The molecule has 0 saturated heterocycles. The normalized spacial score (nSPS) is 10.8. The highest BCUT2D eigenvalue weighted by molar-refractivity contribution is 6.31. The molecule has 3 rings (SSSR count). The maximum absolute atomic E-state index is 6.06. The van der Waals surface area contributed by atoms with Crippen molar-refractivity contribution in [3.05, 3.63) is 69.7 Å². The van der Waals surface area contributed by atoms with Crippen molar-refractivity contribution in [3.63, 3.8) is 0 Å². The lowest BCUT2D eigenvalue weighted by atomic mass is 10.1. The highest BCUT2D eigenvalue weighted by atomic mass is 35.5. The van der Waals surface area contributed by atoms with Gasteiger partial charge in [-0.05, 0) is 42.3 Å². The third-order valence-corrected chi connectivity index (χ3v) is 3.88. The molecule has 2 aromatic carbocycles. The number of rotatable bonds is 3.